The highest BCUT2D eigenvalue weighted by Gasteiger charge is 2.40. The van der Waals surface area contributed by atoms with Gasteiger partial charge in [-0.15, -0.1) is 11.3 Å². The molecule has 18 heavy (non-hydrogen) atoms. The number of carbonyl (C=O) groups excluding carboxylic acids is 1. The summed E-state index contributed by atoms with van der Waals surface area (Å²) in [5, 5.41) is 1.04. The fourth-order valence-corrected chi connectivity index (χ4v) is 2.97. The summed E-state index contributed by atoms with van der Waals surface area (Å²) in [4.78, 5) is 16.1. The minimum Gasteiger partial charge on any atom is -0.465 e. The predicted molar refractivity (Wildman–Crippen MR) is 71.6 cm³/mol. The van der Waals surface area contributed by atoms with Crippen LogP contribution in [-0.2, 0) is 16.0 Å². The minimum absolute atomic E-state index is 0.0383. The van der Waals surface area contributed by atoms with Crippen molar-refractivity contribution in [2.24, 2.45) is 11.8 Å². The van der Waals surface area contributed by atoms with Crippen molar-refractivity contribution in [3.05, 3.63) is 29.3 Å². The molecule has 1 aliphatic carbocycles. The molecule has 0 saturated heterocycles. The summed E-state index contributed by atoms with van der Waals surface area (Å²) in [6.07, 6.45) is 1.70. The molecule has 1 saturated carbocycles. The molecule has 0 bridgehead atoms. The van der Waals surface area contributed by atoms with E-state index in [9.17, 15) is 4.79 Å². The van der Waals surface area contributed by atoms with Crippen LogP contribution in [0.2, 0.25) is 0 Å². The number of para-hydroxylation sites is 1. The molecule has 0 radical (unpaired) electrons. The molecule has 0 N–H and O–H groups in total. The molecule has 1 aromatic carbocycles. The molecule has 2 atom stereocenters. The molecule has 1 heterocycles. The van der Waals surface area contributed by atoms with Gasteiger partial charge in [0.15, 0.2) is 0 Å². The normalized spacial score (nSPS) is 22.1. The smallest absolute Gasteiger partial charge is 0.309 e. The summed E-state index contributed by atoms with van der Waals surface area (Å²) in [5.74, 6) is 0.629. The van der Waals surface area contributed by atoms with Crippen molar-refractivity contribution < 1.29 is 9.53 Å². The van der Waals surface area contributed by atoms with E-state index in [4.69, 9.17) is 4.74 Å². The second kappa shape index (κ2) is 4.69. The second-order valence-electron chi connectivity index (χ2n) is 4.81. The molecule has 2 aromatic rings. The molecular weight excluding hydrogens is 246 g/mol. The van der Waals surface area contributed by atoms with Gasteiger partial charge in [0.05, 0.1) is 27.7 Å². The van der Waals surface area contributed by atoms with Crippen molar-refractivity contribution in [3.63, 3.8) is 0 Å². The highest BCUT2D eigenvalue weighted by atomic mass is 32.1. The Morgan fingerprint density at radius 3 is 3.00 bits per heavy atom. The van der Waals surface area contributed by atoms with E-state index in [1.165, 1.54) is 4.70 Å². The van der Waals surface area contributed by atoms with Crippen molar-refractivity contribution in [2.45, 2.75) is 19.8 Å². The largest absolute Gasteiger partial charge is 0.465 e. The fourth-order valence-electron chi connectivity index (χ4n) is 2.02. The van der Waals surface area contributed by atoms with Crippen LogP contribution in [0.15, 0.2) is 24.3 Å². The van der Waals surface area contributed by atoms with Crippen LogP contribution in [0, 0.1) is 11.8 Å². The zero-order valence-electron chi connectivity index (χ0n) is 10.3. The lowest BCUT2D eigenvalue weighted by Gasteiger charge is -2.01. The maximum Gasteiger partial charge on any atom is 0.309 e. The highest BCUT2D eigenvalue weighted by molar-refractivity contribution is 7.18. The summed E-state index contributed by atoms with van der Waals surface area (Å²) in [6.45, 7) is 2.53. The topological polar surface area (TPSA) is 39.2 Å². The van der Waals surface area contributed by atoms with Gasteiger partial charge in [-0.3, -0.25) is 4.79 Å². The number of esters is 1. The summed E-state index contributed by atoms with van der Waals surface area (Å²) in [5.41, 5.74) is 1.03. The Bertz CT molecular complexity index is 545. The number of nitrogens with zero attached hydrogens (tertiary/aromatic N) is 1. The Hall–Kier alpha value is -1.42. The van der Waals surface area contributed by atoms with Crippen LogP contribution in [0.4, 0.5) is 0 Å². The van der Waals surface area contributed by atoms with E-state index < -0.39 is 0 Å². The van der Waals surface area contributed by atoms with Crippen LogP contribution < -0.4 is 0 Å². The first-order chi connectivity index (χ1) is 8.74. The molecule has 1 aliphatic rings. The lowest BCUT2D eigenvalue weighted by atomic mass is 10.3. The zero-order valence-corrected chi connectivity index (χ0v) is 11.1. The van der Waals surface area contributed by atoms with Gasteiger partial charge in [0.25, 0.3) is 0 Å². The number of carbonyl (C=O) groups is 1. The van der Waals surface area contributed by atoms with Gasteiger partial charge in [-0.1, -0.05) is 19.1 Å². The quantitative estimate of drug-likeness (QED) is 0.794. The van der Waals surface area contributed by atoms with Crippen LogP contribution >= 0.6 is 11.3 Å². The third-order valence-electron chi connectivity index (χ3n) is 3.31. The summed E-state index contributed by atoms with van der Waals surface area (Å²) in [7, 11) is 0. The lowest BCUT2D eigenvalue weighted by molar-refractivity contribution is -0.145. The Labute approximate surface area is 110 Å². The SMILES string of the molecule is CC1CC1C(=O)OCCc1nc2ccccc2s1. The monoisotopic (exact) mass is 261 g/mol. The van der Waals surface area contributed by atoms with E-state index in [0.717, 1.165) is 16.9 Å². The van der Waals surface area contributed by atoms with Gasteiger partial charge in [-0.25, -0.2) is 4.98 Å². The summed E-state index contributed by atoms with van der Waals surface area (Å²) in [6, 6.07) is 8.07. The fraction of sp³-hybridized carbons (Fsp3) is 0.429. The molecule has 4 heteroatoms. The number of thiazole rings is 1. The predicted octanol–water partition coefficient (Wildman–Crippen LogP) is 3.04. The van der Waals surface area contributed by atoms with Crippen molar-refractivity contribution in [1.29, 1.82) is 0 Å². The Balaban J connectivity index is 1.55. The average molecular weight is 261 g/mol. The maximum atomic E-state index is 11.5. The number of ether oxygens (including phenoxy) is 1. The minimum atomic E-state index is -0.0383. The first-order valence-electron chi connectivity index (χ1n) is 6.25. The molecule has 0 aliphatic heterocycles. The van der Waals surface area contributed by atoms with Gasteiger partial charge in [0.1, 0.15) is 0 Å². The first-order valence-corrected chi connectivity index (χ1v) is 7.07. The van der Waals surface area contributed by atoms with Crippen LogP contribution in [0.5, 0.6) is 0 Å². The lowest BCUT2D eigenvalue weighted by Crippen LogP contribution is -2.10. The Morgan fingerprint density at radius 2 is 2.28 bits per heavy atom. The van der Waals surface area contributed by atoms with Gasteiger partial charge in [-0.05, 0) is 24.5 Å². The van der Waals surface area contributed by atoms with Crippen LogP contribution in [0.1, 0.15) is 18.4 Å². The van der Waals surface area contributed by atoms with Crippen LogP contribution in [-0.4, -0.2) is 17.6 Å². The van der Waals surface area contributed by atoms with E-state index in [1.807, 2.05) is 18.2 Å². The second-order valence-corrected chi connectivity index (χ2v) is 5.93. The maximum absolute atomic E-state index is 11.5. The molecule has 3 rings (SSSR count). The number of aromatic nitrogens is 1. The van der Waals surface area contributed by atoms with Crippen LogP contribution in [0.25, 0.3) is 10.2 Å². The van der Waals surface area contributed by atoms with Crippen molar-refractivity contribution in [2.75, 3.05) is 6.61 Å². The van der Waals surface area contributed by atoms with Crippen LogP contribution in [0.3, 0.4) is 0 Å². The third kappa shape index (κ3) is 2.38. The van der Waals surface area contributed by atoms with E-state index >= 15 is 0 Å². The zero-order chi connectivity index (χ0) is 12.5. The van der Waals surface area contributed by atoms with Crippen molar-refractivity contribution in [1.82, 2.24) is 4.98 Å². The van der Waals surface area contributed by atoms with Crippen molar-refractivity contribution in [3.8, 4) is 0 Å². The van der Waals surface area contributed by atoms with E-state index in [2.05, 4.69) is 18.0 Å². The van der Waals surface area contributed by atoms with Gasteiger partial charge < -0.3 is 4.74 Å². The van der Waals surface area contributed by atoms with Gasteiger partial charge in [0, 0.05) is 6.42 Å². The van der Waals surface area contributed by atoms with E-state index in [1.54, 1.807) is 11.3 Å². The number of fused-ring (bicyclic) bond motifs is 1. The summed E-state index contributed by atoms with van der Waals surface area (Å²) >= 11 is 1.67. The molecule has 1 aromatic heterocycles. The van der Waals surface area contributed by atoms with Gasteiger partial charge >= 0.3 is 5.97 Å². The van der Waals surface area contributed by atoms with E-state index in [0.29, 0.717) is 18.9 Å². The molecule has 94 valence electrons. The third-order valence-corrected chi connectivity index (χ3v) is 4.41. The number of benzene rings is 1. The average Bonchev–Trinajstić information content (AvgIpc) is 2.95. The van der Waals surface area contributed by atoms with E-state index in [-0.39, 0.29) is 11.9 Å². The number of hydrogen-bond donors (Lipinski definition) is 0. The van der Waals surface area contributed by atoms with Gasteiger partial charge in [-0.2, -0.15) is 0 Å². The Kier molecular flexibility index (Phi) is 3.04. The molecule has 3 nitrogen and oxygen atoms in total. The molecule has 2 unspecified atom stereocenters. The first kappa shape index (κ1) is 11.7. The molecule has 0 amide bonds. The standard InChI is InChI=1S/C14H15NO2S/c1-9-8-10(9)14(16)17-7-6-13-15-11-4-2-3-5-12(11)18-13/h2-5,9-10H,6-8H2,1H3. The number of rotatable bonds is 4. The Morgan fingerprint density at radius 1 is 1.50 bits per heavy atom. The molecule has 0 spiro atoms. The molecular formula is C14H15NO2S. The van der Waals surface area contributed by atoms with Gasteiger partial charge in [0.2, 0.25) is 0 Å². The molecule has 1 fully saturated rings. The summed E-state index contributed by atoms with van der Waals surface area (Å²) < 4.78 is 6.45. The number of hydrogen-bond acceptors (Lipinski definition) is 4. The van der Waals surface area contributed by atoms with Crippen molar-refractivity contribution >= 4 is 27.5 Å². The highest BCUT2D eigenvalue weighted by Crippen LogP contribution is 2.38.